The van der Waals surface area contributed by atoms with Gasteiger partial charge in [0.2, 0.25) is 15.9 Å². The lowest BCUT2D eigenvalue weighted by Crippen LogP contribution is -2.33. The van der Waals surface area contributed by atoms with Crippen molar-refractivity contribution in [1.82, 2.24) is 4.31 Å². The van der Waals surface area contributed by atoms with Crippen molar-refractivity contribution >= 4 is 15.9 Å². The summed E-state index contributed by atoms with van der Waals surface area (Å²) in [6.07, 6.45) is 9.13. The van der Waals surface area contributed by atoms with E-state index in [0.717, 1.165) is 23.6 Å². The lowest BCUT2D eigenvalue weighted by atomic mass is 9.97. The third kappa shape index (κ3) is 2.51. The van der Waals surface area contributed by atoms with Crippen LogP contribution in [0.2, 0.25) is 0 Å². The van der Waals surface area contributed by atoms with Crippen LogP contribution in [-0.4, -0.2) is 24.4 Å². The molecule has 0 aromatic carbocycles. The van der Waals surface area contributed by atoms with E-state index in [0.29, 0.717) is 18.5 Å². The summed E-state index contributed by atoms with van der Waals surface area (Å²) in [5.74, 6) is -0.143. The van der Waals surface area contributed by atoms with Crippen molar-refractivity contribution in [3.63, 3.8) is 0 Å². The summed E-state index contributed by atoms with van der Waals surface area (Å²) in [6.45, 7) is 2.03. The molecule has 5 heteroatoms. The fourth-order valence-corrected chi connectivity index (χ4v) is 4.13. The summed E-state index contributed by atoms with van der Waals surface area (Å²) in [4.78, 5) is 11.9. The van der Waals surface area contributed by atoms with Gasteiger partial charge in [-0.15, -0.1) is 0 Å². The number of carbonyl (C=O) groups excluding carboxylic acids is 1. The number of sulfonamides is 1. The minimum Gasteiger partial charge on any atom is -0.273 e. The lowest BCUT2D eigenvalue weighted by Gasteiger charge is -2.21. The summed E-state index contributed by atoms with van der Waals surface area (Å²) >= 11 is 0. The van der Waals surface area contributed by atoms with E-state index in [9.17, 15) is 13.2 Å². The highest BCUT2D eigenvalue weighted by Gasteiger charge is 2.41. The highest BCUT2D eigenvalue weighted by molar-refractivity contribution is 7.89. The summed E-state index contributed by atoms with van der Waals surface area (Å²) in [6, 6.07) is 0. The van der Waals surface area contributed by atoms with Gasteiger partial charge < -0.3 is 0 Å². The van der Waals surface area contributed by atoms with E-state index in [-0.39, 0.29) is 17.6 Å². The normalized spacial score (nSPS) is 23.2. The molecular formula is C13H19NO3S. The van der Waals surface area contributed by atoms with Crippen molar-refractivity contribution < 1.29 is 13.2 Å². The number of amides is 1. The van der Waals surface area contributed by atoms with Crippen LogP contribution in [-0.2, 0) is 14.8 Å². The Balaban J connectivity index is 2.18. The van der Waals surface area contributed by atoms with Crippen LogP contribution in [0, 0.1) is 5.92 Å². The SMILES string of the molecule is CCCCCS(=O)(=O)N1C(=O)CC2CC=CC=C21. The first kappa shape index (κ1) is 13.3. The standard InChI is InChI=1S/C13H19NO3S/c1-2-3-6-9-18(16,17)14-12-8-5-4-7-11(12)10-13(14)15/h4-5,8,11H,2-3,6-7,9-10H2,1H3. The minimum atomic E-state index is -3.47. The number of rotatable bonds is 5. The molecule has 100 valence electrons. The molecule has 2 aliphatic rings. The maximum Gasteiger partial charge on any atom is 0.241 e. The number of hydrogen-bond acceptors (Lipinski definition) is 3. The molecule has 2 rings (SSSR count). The van der Waals surface area contributed by atoms with Gasteiger partial charge in [-0.2, -0.15) is 0 Å². The molecule has 1 aliphatic heterocycles. The van der Waals surface area contributed by atoms with Gasteiger partial charge in [-0.3, -0.25) is 4.79 Å². The van der Waals surface area contributed by atoms with Crippen LogP contribution >= 0.6 is 0 Å². The smallest absolute Gasteiger partial charge is 0.241 e. The molecule has 0 aromatic heterocycles. The molecular weight excluding hydrogens is 250 g/mol. The number of hydrogen-bond donors (Lipinski definition) is 0. The highest BCUT2D eigenvalue weighted by Crippen LogP contribution is 2.36. The maximum atomic E-state index is 12.2. The van der Waals surface area contributed by atoms with Gasteiger partial charge in [0.25, 0.3) is 0 Å². The average molecular weight is 269 g/mol. The van der Waals surface area contributed by atoms with Gasteiger partial charge in [-0.1, -0.05) is 31.9 Å². The van der Waals surface area contributed by atoms with Gasteiger partial charge in [0.1, 0.15) is 0 Å². The first-order chi connectivity index (χ1) is 8.56. The molecule has 1 aliphatic carbocycles. The van der Waals surface area contributed by atoms with E-state index in [1.165, 1.54) is 0 Å². The second-order valence-corrected chi connectivity index (χ2v) is 6.77. The molecule has 0 saturated carbocycles. The van der Waals surface area contributed by atoms with Gasteiger partial charge in [0.05, 0.1) is 5.75 Å². The van der Waals surface area contributed by atoms with Crippen molar-refractivity contribution in [1.29, 1.82) is 0 Å². The van der Waals surface area contributed by atoms with E-state index in [1.54, 1.807) is 6.08 Å². The van der Waals surface area contributed by atoms with Crippen molar-refractivity contribution in [2.45, 2.75) is 39.0 Å². The Hall–Kier alpha value is -1.10. The van der Waals surface area contributed by atoms with Crippen molar-refractivity contribution in [3.05, 3.63) is 23.9 Å². The minimum absolute atomic E-state index is 0.0588. The number of unbranched alkanes of at least 4 members (excludes halogenated alkanes) is 2. The topological polar surface area (TPSA) is 54.5 Å². The van der Waals surface area contributed by atoms with Gasteiger partial charge in [0.15, 0.2) is 0 Å². The van der Waals surface area contributed by atoms with E-state index in [1.807, 2.05) is 19.1 Å². The van der Waals surface area contributed by atoms with E-state index in [4.69, 9.17) is 0 Å². The fourth-order valence-electron chi connectivity index (χ4n) is 2.47. The van der Waals surface area contributed by atoms with Crippen LogP contribution in [0.15, 0.2) is 23.9 Å². The highest BCUT2D eigenvalue weighted by atomic mass is 32.2. The van der Waals surface area contributed by atoms with Crippen LogP contribution in [0.5, 0.6) is 0 Å². The summed E-state index contributed by atoms with van der Waals surface area (Å²) in [5.41, 5.74) is 0.666. The monoisotopic (exact) mass is 269 g/mol. The molecule has 0 N–H and O–H groups in total. The van der Waals surface area contributed by atoms with Crippen LogP contribution in [0.25, 0.3) is 0 Å². The van der Waals surface area contributed by atoms with Crippen LogP contribution < -0.4 is 0 Å². The number of allylic oxidation sites excluding steroid dienone is 4. The van der Waals surface area contributed by atoms with Crippen LogP contribution in [0.1, 0.15) is 39.0 Å². The quantitative estimate of drug-likeness (QED) is 0.719. The maximum absolute atomic E-state index is 12.2. The summed E-state index contributed by atoms with van der Waals surface area (Å²) < 4.78 is 25.5. The largest absolute Gasteiger partial charge is 0.273 e. The van der Waals surface area contributed by atoms with Crippen LogP contribution in [0.4, 0.5) is 0 Å². The third-order valence-electron chi connectivity index (χ3n) is 3.41. The first-order valence-corrected chi connectivity index (χ1v) is 8.09. The molecule has 1 unspecified atom stereocenters. The van der Waals surface area contributed by atoms with Crippen molar-refractivity contribution in [2.24, 2.45) is 5.92 Å². The van der Waals surface area contributed by atoms with Gasteiger partial charge >= 0.3 is 0 Å². The fraction of sp³-hybridized carbons (Fsp3) is 0.615. The molecule has 1 saturated heterocycles. The van der Waals surface area contributed by atoms with Crippen molar-refractivity contribution in [2.75, 3.05) is 5.75 Å². The molecule has 0 bridgehead atoms. The van der Waals surface area contributed by atoms with E-state index >= 15 is 0 Å². The number of fused-ring (bicyclic) bond motifs is 1. The van der Waals surface area contributed by atoms with Gasteiger partial charge in [-0.25, -0.2) is 12.7 Å². The Morgan fingerprint density at radius 1 is 1.39 bits per heavy atom. The third-order valence-corrected chi connectivity index (χ3v) is 5.18. The average Bonchev–Trinajstić information content (AvgIpc) is 2.65. The number of nitrogens with zero attached hydrogens (tertiary/aromatic N) is 1. The van der Waals surface area contributed by atoms with Gasteiger partial charge in [-0.05, 0) is 18.9 Å². The first-order valence-electron chi connectivity index (χ1n) is 6.49. The van der Waals surface area contributed by atoms with E-state index in [2.05, 4.69) is 0 Å². The Labute approximate surface area is 108 Å². The summed E-state index contributed by atoms with van der Waals surface area (Å²) in [7, 11) is -3.47. The van der Waals surface area contributed by atoms with Crippen molar-refractivity contribution in [3.8, 4) is 0 Å². The molecule has 1 heterocycles. The Morgan fingerprint density at radius 2 is 2.17 bits per heavy atom. The molecule has 18 heavy (non-hydrogen) atoms. The zero-order valence-electron chi connectivity index (χ0n) is 10.6. The molecule has 0 spiro atoms. The zero-order valence-corrected chi connectivity index (χ0v) is 11.4. The van der Waals surface area contributed by atoms with E-state index < -0.39 is 10.0 Å². The predicted molar refractivity (Wildman–Crippen MR) is 70.1 cm³/mol. The molecule has 0 radical (unpaired) electrons. The second-order valence-electron chi connectivity index (χ2n) is 4.84. The Morgan fingerprint density at radius 3 is 2.89 bits per heavy atom. The predicted octanol–water partition coefficient (Wildman–Crippen LogP) is 2.20. The van der Waals surface area contributed by atoms with Gasteiger partial charge in [0, 0.05) is 18.0 Å². The lowest BCUT2D eigenvalue weighted by molar-refractivity contribution is -0.123. The Kier molecular flexibility index (Phi) is 3.90. The second kappa shape index (κ2) is 5.26. The molecule has 1 fully saturated rings. The molecule has 1 amide bonds. The molecule has 4 nitrogen and oxygen atoms in total. The molecule has 0 aromatic rings. The molecule has 1 atom stereocenters. The number of carbonyl (C=O) groups is 1. The van der Waals surface area contributed by atoms with Crippen LogP contribution in [0.3, 0.4) is 0 Å². The zero-order chi connectivity index (χ0) is 13.2. The summed E-state index contributed by atoms with van der Waals surface area (Å²) in [5, 5.41) is 0. The Bertz CT molecular complexity index is 490.